The lowest BCUT2D eigenvalue weighted by Crippen LogP contribution is -2.38. The molecule has 0 spiro atoms. The monoisotopic (exact) mass is 229 g/mol. The van der Waals surface area contributed by atoms with E-state index in [-0.39, 0.29) is 0 Å². The lowest BCUT2D eigenvalue weighted by molar-refractivity contribution is 0.0979. The fraction of sp³-hybridized carbons (Fsp3) is 0.467. The van der Waals surface area contributed by atoms with Crippen molar-refractivity contribution in [1.29, 1.82) is 0 Å². The van der Waals surface area contributed by atoms with Crippen LogP contribution in [-0.2, 0) is 4.74 Å². The molecule has 2 heterocycles. The van der Waals surface area contributed by atoms with E-state index in [0.717, 1.165) is 12.1 Å². The van der Waals surface area contributed by atoms with E-state index in [1.54, 1.807) is 0 Å². The molecule has 2 bridgehead atoms. The summed E-state index contributed by atoms with van der Waals surface area (Å²) < 4.78 is 5.83. The van der Waals surface area contributed by atoms with Gasteiger partial charge >= 0.3 is 0 Å². The van der Waals surface area contributed by atoms with Crippen LogP contribution >= 0.6 is 0 Å². The lowest BCUT2D eigenvalue weighted by Gasteiger charge is -2.20. The van der Waals surface area contributed by atoms with Crippen LogP contribution in [0, 0.1) is 0 Å². The molecule has 90 valence electrons. The number of nitrogens with one attached hydrogen (secondary N) is 1. The van der Waals surface area contributed by atoms with Gasteiger partial charge in [0.25, 0.3) is 0 Å². The van der Waals surface area contributed by atoms with Gasteiger partial charge in [0.1, 0.15) is 0 Å². The highest BCUT2D eigenvalue weighted by Gasteiger charge is 2.40. The van der Waals surface area contributed by atoms with Crippen LogP contribution in [0.2, 0.25) is 0 Å². The molecular weight excluding hydrogens is 210 g/mol. The van der Waals surface area contributed by atoms with Crippen LogP contribution in [0.1, 0.15) is 24.8 Å². The zero-order valence-electron chi connectivity index (χ0n) is 10.1. The number of hydrogen-bond acceptors (Lipinski definition) is 2. The lowest BCUT2D eigenvalue weighted by atomic mass is 9.95. The summed E-state index contributed by atoms with van der Waals surface area (Å²) in [6.07, 6.45) is 4.61. The minimum Gasteiger partial charge on any atom is -0.373 e. The van der Waals surface area contributed by atoms with Gasteiger partial charge in [-0.2, -0.15) is 0 Å². The Morgan fingerprint density at radius 2 is 2.12 bits per heavy atom. The highest BCUT2D eigenvalue weighted by molar-refractivity contribution is 5.64. The molecule has 0 radical (unpaired) electrons. The van der Waals surface area contributed by atoms with Crippen molar-refractivity contribution in [2.75, 3.05) is 6.54 Å². The van der Waals surface area contributed by atoms with Crippen molar-refractivity contribution in [2.24, 2.45) is 0 Å². The summed E-state index contributed by atoms with van der Waals surface area (Å²) in [7, 11) is 0. The summed E-state index contributed by atoms with van der Waals surface area (Å²) in [5.74, 6) is 0. The third kappa shape index (κ3) is 2.28. The zero-order valence-corrected chi connectivity index (χ0v) is 10.1. The molecule has 17 heavy (non-hydrogen) atoms. The highest BCUT2D eigenvalue weighted by Crippen LogP contribution is 2.34. The molecule has 2 saturated heterocycles. The summed E-state index contributed by atoms with van der Waals surface area (Å²) in [5.41, 5.74) is 2.39. The summed E-state index contributed by atoms with van der Waals surface area (Å²) in [6.45, 7) is 5.01. The maximum absolute atomic E-state index is 5.83. The molecule has 2 aliphatic heterocycles. The molecule has 3 rings (SSSR count). The molecule has 1 aromatic carbocycles. The Balaban J connectivity index is 1.53. The zero-order chi connectivity index (χ0) is 11.7. The van der Waals surface area contributed by atoms with Crippen LogP contribution in [0.15, 0.2) is 36.9 Å². The molecule has 0 aromatic heterocycles. The van der Waals surface area contributed by atoms with Gasteiger partial charge in [-0.25, -0.2) is 0 Å². The summed E-state index contributed by atoms with van der Waals surface area (Å²) >= 11 is 0. The molecule has 0 saturated carbocycles. The second-order valence-electron chi connectivity index (χ2n) is 5.07. The SMILES string of the molecule is C=C(CNC1CC2CCC1O2)c1ccccc1. The van der Waals surface area contributed by atoms with Crippen LogP contribution in [0.4, 0.5) is 0 Å². The van der Waals surface area contributed by atoms with Gasteiger partial charge in [0.05, 0.1) is 12.2 Å². The fourth-order valence-corrected chi connectivity index (χ4v) is 2.88. The maximum atomic E-state index is 5.83. The van der Waals surface area contributed by atoms with Crippen molar-refractivity contribution in [3.8, 4) is 0 Å². The van der Waals surface area contributed by atoms with Gasteiger partial charge in [-0.15, -0.1) is 0 Å². The Morgan fingerprint density at radius 3 is 2.76 bits per heavy atom. The van der Waals surface area contributed by atoms with E-state index in [4.69, 9.17) is 4.74 Å². The number of fused-ring (bicyclic) bond motifs is 2. The molecule has 0 aliphatic carbocycles. The first-order valence-electron chi connectivity index (χ1n) is 6.45. The van der Waals surface area contributed by atoms with Crippen molar-refractivity contribution in [1.82, 2.24) is 5.32 Å². The van der Waals surface area contributed by atoms with E-state index in [2.05, 4.69) is 36.2 Å². The predicted octanol–water partition coefficient (Wildman–Crippen LogP) is 2.61. The van der Waals surface area contributed by atoms with Crippen LogP contribution in [-0.4, -0.2) is 24.8 Å². The normalized spacial score (nSPS) is 30.7. The smallest absolute Gasteiger partial charge is 0.0733 e. The highest BCUT2D eigenvalue weighted by atomic mass is 16.5. The molecule has 2 heteroatoms. The number of benzene rings is 1. The van der Waals surface area contributed by atoms with Gasteiger partial charge in [-0.05, 0) is 30.4 Å². The molecule has 2 nitrogen and oxygen atoms in total. The summed E-state index contributed by atoms with van der Waals surface area (Å²) in [4.78, 5) is 0. The van der Waals surface area contributed by atoms with Crippen LogP contribution in [0.3, 0.4) is 0 Å². The standard InChI is InChI=1S/C15H19NO/c1-11(12-5-3-2-4-6-12)10-16-14-9-13-7-8-15(14)17-13/h2-6,13-16H,1,7-10H2. The van der Waals surface area contributed by atoms with E-state index in [9.17, 15) is 0 Å². The van der Waals surface area contributed by atoms with E-state index in [0.29, 0.717) is 18.2 Å². The Hall–Kier alpha value is -1.12. The van der Waals surface area contributed by atoms with Crippen LogP contribution in [0.5, 0.6) is 0 Å². The van der Waals surface area contributed by atoms with Crippen LogP contribution < -0.4 is 5.32 Å². The number of hydrogen-bond donors (Lipinski definition) is 1. The maximum Gasteiger partial charge on any atom is 0.0733 e. The molecule has 3 unspecified atom stereocenters. The van der Waals surface area contributed by atoms with E-state index >= 15 is 0 Å². The van der Waals surface area contributed by atoms with Crippen molar-refractivity contribution in [3.05, 3.63) is 42.5 Å². The Bertz CT molecular complexity index is 401. The van der Waals surface area contributed by atoms with Gasteiger partial charge in [0, 0.05) is 12.6 Å². The quantitative estimate of drug-likeness (QED) is 0.857. The van der Waals surface area contributed by atoms with Gasteiger partial charge < -0.3 is 10.1 Å². The van der Waals surface area contributed by atoms with Gasteiger partial charge in [-0.1, -0.05) is 36.9 Å². The minimum absolute atomic E-state index is 0.448. The first-order chi connectivity index (χ1) is 8.33. The van der Waals surface area contributed by atoms with Crippen molar-refractivity contribution >= 4 is 5.57 Å². The predicted molar refractivity (Wildman–Crippen MR) is 69.8 cm³/mol. The fourth-order valence-electron chi connectivity index (χ4n) is 2.88. The topological polar surface area (TPSA) is 21.3 Å². The van der Waals surface area contributed by atoms with Crippen molar-refractivity contribution in [3.63, 3.8) is 0 Å². The summed E-state index contributed by atoms with van der Waals surface area (Å²) in [5, 5.41) is 3.59. The Labute approximate surface area is 103 Å². The van der Waals surface area contributed by atoms with Gasteiger partial charge in [-0.3, -0.25) is 0 Å². The van der Waals surface area contributed by atoms with E-state index < -0.39 is 0 Å². The first kappa shape index (κ1) is 11.0. The second-order valence-corrected chi connectivity index (χ2v) is 5.07. The van der Waals surface area contributed by atoms with E-state index in [1.165, 1.54) is 24.8 Å². The average molecular weight is 229 g/mol. The molecule has 1 N–H and O–H groups in total. The minimum atomic E-state index is 0.448. The van der Waals surface area contributed by atoms with Gasteiger partial charge in [0.2, 0.25) is 0 Å². The number of ether oxygens (including phenoxy) is 1. The largest absolute Gasteiger partial charge is 0.373 e. The first-order valence-corrected chi connectivity index (χ1v) is 6.45. The van der Waals surface area contributed by atoms with Crippen molar-refractivity contribution in [2.45, 2.75) is 37.5 Å². The molecule has 1 aromatic rings. The van der Waals surface area contributed by atoms with Gasteiger partial charge in [0.15, 0.2) is 0 Å². The summed E-state index contributed by atoms with van der Waals surface area (Å²) in [6, 6.07) is 10.9. The molecule has 0 amide bonds. The molecule has 3 atom stereocenters. The molecule has 2 aliphatic rings. The Kier molecular flexibility index (Phi) is 3.00. The third-order valence-corrected chi connectivity index (χ3v) is 3.87. The molecule has 2 fully saturated rings. The third-order valence-electron chi connectivity index (χ3n) is 3.87. The number of rotatable bonds is 4. The van der Waals surface area contributed by atoms with Crippen molar-refractivity contribution < 1.29 is 4.74 Å². The van der Waals surface area contributed by atoms with E-state index in [1.807, 2.05) is 6.07 Å². The second kappa shape index (κ2) is 4.63. The average Bonchev–Trinajstić information content (AvgIpc) is 2.99. The van der Waals surface area contributed by atoms with Crippen LogP contribution in [0.25, 0.3) is 5.57 Å². The Morgan fingerprint density at radius 1 is 1.29 bits per heavy atom. The molecular formula is C15H19NO.